The molecule has 76 valence electrons. The second-order valence-corrected chi connectivity index (χ2v) is 4.17. The Morgan fingerprint density at radius 3 is 2.64 bits per heavy atom. The summed E-state index contributed by atoms with van der Waals surface area (Å²) in [4.78, 5) is 2.46. The molecule has 0 aliphatic carbocycles. The Bertz CT molecular complexity index is 282. The largest absolute Gasteiger partial charge is 0.327 e. The number of nitrogens with zero attached hydrogens (tertiary/aromatic N) is 1. The first kappa shape index (κ1) is 9.69. The van der Waals surface area contributed by atoms with E-state index >= 15 is 0 Å². The van der Waals surface area contributed by atoms with Crippen LogP contribution in [0.4, 0.5) is 0 Å². The van der Waals surface area contributed by atoms with Crippen LogP contribution in [0.2, 0.25) is 0 Å². The van der Waals surface area contributed by atoms with Crippen LogP contribution in [0.1, 0.15) is 18.9 Å². The fourth-order valence-electron chi connectivity index (χ4n) is 2.07. The van der Waals surface area contributed by atoms with Crippen molar-refractivity contribution in [3.8, 4) is 0 Å². The summed E-state index contributed by atoms with van der Waals surface area (Å²) in [6, 6.07) is 11.5. The molecule has 0 aromatic heterocycles. The van der Waals surface area contributed by atoms with Gasteiger partial charge in [-0.15, -0.1) is 0 Å². The summed E-state index contributed by atoms with van der Waals surface area (Å²) >= 11 is 0. The summed E-state index contributed by atoms with van der Waals surface area (Å²) in [5.74, 6) is 0. The van der Waals surface area contributed by atoms with Crippen molar-refractivity contribution in [3.05, 3.63) is 35.9 Å². The molecular formula is C12H18N2. The van der Waals surface area contributed by atoms with Gasteiger partial charge in [-0.2, -0.15) is 0 Å². The van der Waals surface area contributed by atoms with Crippen LogP contribution >= 0.6 is 0 Å². The Labute approximate surface area is 85.7 Å². The number of nitrogens with two attached hydrogens (primary N) is 1. The highest BCUT2D eigenvalue weighted by Crippen LogP contribution is 2.22. The molecule has 1 fully saturated rings. The molecule has 0 spiro atoms. The fourth-order valence-corrected chi connectivity index (χ4v) is 2.07. The van der Waals surface area contributed by atoms with Crippen LogP contribution in [0.15, 0.2) is 30.3 Å². The van der Waals surface area contributed by atoms with Gasteiger partial charge in [-0.25, -0.2) is 0 Å². The zero-order valence-electron chi connectivity index (χ0n) is 8.69. The Morgan fingerprint density at radius 1 is 1.43 bits per heavy atom. The molecule has 0 bridgehead atoms. The standard InChI is InChI=1S/C12H18N2/c1-10(13)12-7-8-14(12)9-11-5-3-2-4-6-11/h2-6,10,12H,7-9,13H2,1H3. The summed E-state index contributed by atoms with van der Waals surface area (Å²) in [6.07, 6.45) is 1.25. The van der Waals surface area contributed by atoms with E-state index in [1.54, 1.807) is 0 Å². The first-order chi connectivity index (χ1) is 6.77. The minimum absolute atomic E-state index is 0.299. The lowest BCUT2D eigenvalue weighted by Crippen LogP contribution is -2.55. The van der Waals surface area contributed by atoms with Gasteiger partial charge < -0.3 is 5.73 Å². The maximum absolute atomic E-state index is 5.90. The first-order valence-electron chi connectivity index (χ1n) is 5.31. The molecule has 1 aromatic carbocycles. The SMILES string of the molecule is CC(N)C1CCN1Cc1ccccc1. The van der Waals surface area contributed by atoms with E-state index in [1.807, 2.05) is 0 Å². The summed E-state index contributed by atoms with van der Waals surface area (Å²) in [5, 5.41) is 0. The Balaban J connectivity index is 1.93. The van der Waals surface area contributed by atoms with E-state index in [1.165, 1.54) is 18.5 Å². The first-order valence-corrected chi connectivity index (χ1v) is 5.31. The summed E-state index contributed by atoms with van der Waals surface area (Å²) < 4.78 is 0. The molecule has 14 heavy (non-hydrogen) atoms. The van der Waals surface area contributed by atoms with Gasteiger partial charge in [0, 0.05) is 25.2 Å². The van der Waals surface area contributed by atoms with Gasteiger partial charge in [0.05, 0.1) is 0 Å². The van der Waals surface area contributed by atoms with Crippen molar-refractivity contribution in [2.75, 3.05) is 6.54 Å². The van der Waals surface area contributed by atoms with Crippen molar-refractivity contribution in [2.24, 2.45) is 5.73 Å². The van der Waals surface area contributed by atoms with Gasteiger partial charge in [-0.05, 0) is 18.9 Å². The lowest BCUT2D eigenvalue weighted by atomic mass is 9.96. The molecule has 2 nitrogen and oxygen atoms in total. The molecule has 1 aromatic rings. The number of likely N-dealkylation sites (tertiary alicyclic amines) is 1. The minimum atomic E-state index is 0.299. The van der Waals surface area contributed by atoms with Crippen LogP contribution in [0, 0.1) is 0 Å². The molecule has 1 aliphatic heterocycles. The summed E-state index contributed by atoms with van der Waals surface area (Å²) in [5.41, 5.74) is 7.29. The van der Waals surface area contributed by atoms with Crippen LogP contribution in [0.25, 0.3) is 0 Å². The van der Waals surface area contributed by atoms with E-state index < -0.39 is 0 Å². The predicted octanol–water partition coefficient (Wildman–Crippen LogP) is 1.61. The molecule has 1 saturated heterocycles. The zero-order valence-corrected chi connectivity index (χ0v) is 8.69. The van der Waals surface area contributed by atoms with Gasteiger partial charge in [0.15, 0.2) is 0 Å². The summed E-state index contributed by atoms with van der Waals surface area (Å²) in [6.45, 7) is 4.34. The van der Waals surface area contributed by atoms with E-state index in [0.29, 0.717) is 12.1 Å². The molecule has 0 radical (unpaired) electrons. The second-order valence-electron chi connectivity index (χ2n) is 4.17. The van der Waals surface area contributed by atoms with Crippen molar-refractivity contribution in [3.63, 3.8) is 0 Å². The average Bonchev–Trinajstić information content (AvgIpc) is 2.13. The third-order valence-corrected chi connectivity index (χ3v) is 3.02. The third kappa shape index (κ3) is 1.97. The maximum Gasteiger partial charge on any atom is 0.0260 e. The molecule has 2 atom stereocenters. The number of benzene rings is 1. The van der Waals surface area contributed by atoms with Crippen LogP contribution in [0.3, 0.4) is 0 Å². The van der Waals surface area contributed by atoms with Gasteiger partial charge in [0.25, 0.3) is 0 Å². The van der Waals surface area contributed by atoms with Gasteiger partial charge >= 0.3 is 0 Å². The highest BCUT2D eigenvalue weighted by atomic mass is 15.2. The van der Waals surface area contributed by atoms with E-state index in [-0.39, 0.29) is 0 Å². The molecule has 2 heteroatoms. The van der Waals surface area contributed by atoms with Crippen molar-refractivity contribution in [2.45, 2.75) is 32.0 Å². The molecule has 0 saturated carbocycles. The Morgan fingerprint density at radius 2 is 2.14 bits per heavy atom. The topological polar surface area (TPSA) is 29.3 Å². The molecule has 2 rings (SSSR count). The van der Waals surface area contributed by atoms with E-state index in [4.69, 9.17) is 5.73 Å². The van der Waals surface area contributed by atoms with E-state index in [2.05, 4.69) is 42.2 Å². The monoisotopic (exact) mass is 190 g/mol. The lowest BCUT2D eigenvalue weighted by molar-refractivity contribution is 0.0665. The lowest BCUT2D eigenvalue weighted by Gasteiger charge is -2.43. The second kappa shape index (κ2) is 4.11. The van der Waals surface area contributed by atoms with Crippen LogP contribution in [-0.4, -0.2) is 23.5 Å². The van der Waals surface area contributed by atoms with Crippen molar-refractivity contribution in [1.82, 2.24) is 4.90 Å². The van der Waals surface area contributed by atoms with Crippen molar-refractivity contribution in [1.29, 1.82) is 0 Å². The van der Waals surface area contributed by atoms with E-state index in [9.17, 15) is 0 Å². The molecular weight excluding hydrogens is 172 g/mol. The van der Waals surface area contributed by atoms with Gasteiger partial charge in [-0.1, -0.05) is 30.3 Å². The summed E-state index contributed by atoms with van der Waals surface area (Å²) in [7, 11) is 0. The highest BCUT2D eigenvalue weighted by molar-refractivity contribution is 5.15. The van der Waals surface area contributed by atoms with Gasteiger partial charge in [-0.3, -0.25) is 4.90 Å². The third-order valence-electron chi connectivity index (χ3n) is 3.02. The number of rotatable bonds is 3. The molecule has 2 N–H and O–H groups in total. The van der Waals surface area contributed by atoms with Crippen molar-refractivity contribution >= 4 is 0 Å². The van der Waals surface area contributed by atoms with E-state index in [0.717, 1.165) is 6.54 Å². The average molecular weight is 190 g/mol. The van der Waals surface area contributed by atoms with Gasteiger partial charge in [0.2, 0.25) is 0 Å². The Kier molecular flexibility index (Phi) is 2.85. The van der Waals surface area contributed by atoms with Crippen molar-refractivity contribution < 1.29 is 0 Å². The quantitative estimate of drug-likeness (QED) is 0.784. The van der Waals surface area contributed by atoms with Crippen LogP contribution in [-0.2, 0) is 6.54 Å². The molecule has 0 amide bonds. The molecule has 1 heterocycles. The smallest absolute Gasteiger partial charge is 0.0260 e. The fraction of sp³-hybridized carbons (Fsp3) is 0.500. The van der Waals surface area contributed by atoms with Crippen LogP contribution in [0.5, 0.6) is 0 Å². The molecule has 2 unspecified atom stereocenters. The maximum atomic E-state index is 5.90. The van der Waals surface area contributed by atoms with Gasteiger partial charge in [0.1, 0.15) is 0 Å². The number of hydrogen-bond acceptors (Lipinski definition) is 2. The minimum Gasteiger partial charge on any atom is -0.327 e. The molecule has 1 aliphatic rings. The normalized spacial score (nSPS) is 24.3. The zero-order chi connectivity index (χ0) is 9.97. The van der Waals surface area contributed by atoms with Crippen LogP contribution < -0.4 is 5.73 Å². The predicted molar refractivity (Wildman–Crippen MR) is 58.9 cm³/mol. The highest BCUT2D eigenvalue weighted by Gasteiger charge is 2.30. The number of hydrogen-bond donors (Lipinski definition) is 1. The Hall–Kier alpha value is -0.860.